The molecule has 0 spiro atoms. The highest BCUT2D eigenvalue weighted by Gasteiger charge is 2.10. The van der Waals surface area contributed by atoms with Crippen molar-refractivity contribution < 1.29 is 20.4 Å². The molecule has 0 aliphatic heterocycles. The number of aliphatic hydroxyl groups excluding tert-OH is 2. The summed E-state index contributed by atoms with van der Waals surface area (Å²) >= 11 is 0. The van der Waals surface area contributed by atoms with E-state index in [1.165, 1.54) is 18.2 Å². The van der Waals surface area contributed by atoms with E-state index in [9.17, 15) is 10.2 Å². The Kier molecular flexibility index (Phi) is 4.20. The third-order valence-electron chi connectivity index (χ3n) is 2.04. The van der Waals surface area contributed by atoms with Crippen LogP contribution in [0.2, 0.25) is 0 Å². The highest BCUT2D eigenvalue weighted by Crippen LogP contribution is 2.30. The van der Waals surface area contributed by atoms with Crippen LogP contribution >= 0.6 is 0 Å². The maximum Gasteiger partial charge on any atom is 0.139 e. The Hall–Kier alpha value is -1.46. The third kappa shape index (κ3) is 3.00. The molecule has 84 valence electrons. The molecule has 0 saturated heterocycles. The van der Waals surface area contributed by atoms with Crippen LogP contribution in [0.15, 0.2) is 18.2 Å². The van der Waals surface area contributed by atoms with Crippen LogP contribution in [0, 0.1) is 0 Å². The van der Waals surface area contributed by atoms with Gasteiger partial charge in [0, 0.05) is 19.2 Å². The van der Waals surface area contributed by atoms with Gasteiger partial charge < -0.3 is 25.3 Å². The van der Waals surface area contributed by atoms with Gasteiger partial charge in [0.2, 0.25) is 0 Å². The van der Waals surface area contributed by atoms with Crippen LogP contribution in [0.1, 0.15) is 0 Å². The summed E-state index contributed by atoms with van der Waals surface area (Å²) in [7, 11) is 0. The molecule has 1 aromatic rings. The van der Waals surface area contributed by atoms with Crippen LogP contribution in [0.5, 0.6) is 11.5 Å². The van der Waals surface area contributed by atoms with Gasteiger partial charge in [-0.3, -0.25) is 0 Å². The van der Waals surface area contributed by atoms with E-state index in [0.717, 1.165) is 0 Å². The minimum atomic E-state index is -0.0882. The van der Waals surface area contributed by atoms with Crippen molar-refractivity contribution in [1.29, 1.82) is 0 Å². The Bertz CT molecular complexity index is 310. The van der Waals surface area contributed by atoms with Crippen molar-refractivity contribution in [2.24, 2.45) is 0 Å². The molecular weight excluding hydrogens is 198 g/mol. The van der Waals surface area contributed by atoms with E-state index >= 15 is 0 Å². The van der Waals surface area contributed by atoms with Crippen molar-refractivity contribution in [2.45, 2.75) is 0 Å². The average Bonchev–Trinajstić information content (AvgIpc) is 2.21. The average molecular weight is 213 g/mol. The first-order chi connectivity index (χ1) is 7.19. The van der Waals surface area contributed by atoms with E-state index < -0.39 is 0 Å². The quantitative estimate of drug-likeness (QED) is 0.513. The Balaban J connectivity index is 2.93. The van der Waals surface area contributed by atoms with Gasteiger partial charge in [0.15, 0.2) is 0 Å². The molecule has 5 nitrogen and oxygen atoms in total. The predicted molar refractivity (Wildman–Crippen MR) is 56.2 cm³/mol. The Morgan fingerprint density at radius 3 is 2.13 bits per heavy atom. The predicted octanol–water partition coefficient (Wildman–Crippen LogP) is -0.111. The Morgan fingerprint density at radius 2 is 1.60 bits per heavy atom. The standard InChI is InChI=1S/C10H15NO4/c12-5-3-11(4-6-13)9-7-8(14)1-2-10(9)15/h1-2,7,12-15H,3-6H2. The summed E-state index contributed by atoms with van der Waals surface area (Å²) in [5.41, 5.74) is 0.401. The van der Waals surface area contributed by atoms with E-state index in [2.05, 4.69) is 0 Å². The zero-order valence-electron chi connectivity index (χ0n) is 8.30. The molecule has 0 saturated carbocycles. The van der Waals surface area contributed by atoms with Crippen LogP contribution in [-0.4, -0.2) is 46.7 Å². The molecule has 0 bridgehead atoms. The van der Waals surface area contributed by atoms with Gasteiger partial charge >= 0.3 is 0 Å². The normalized spacial score (nSPS) is 10.3. The number of hydrogen-bond acceptors (Lipinski definition) is 5. The fourth-order valence-corrected chi connectivity index (χ4v) is 1.36. The number of rotatable bonds is 5. The first-order valence-electron chi connectivity index (χ1n) is 4.67. The van der Waals surface area contributed by atoms with Gasteiger partial charge in [0.1, 0.15) is 11.5 Å². The lowest BCUT2D eigenvalue weighted by atomic mass is 10.2. The van der Waals surface area contributed by atoms with Crippen LogP contribution in [0.3, 0.4) is 0 Å². The molecule has 0 fully saturated rings. The molecule has 4 N–H and O–H groups in total. The maximum atomic E-state index is 9.54. The minimum absolute atomic E-state index is 0.00898. The molecule has 5 heteroatoms. The van der Waals surface area contributed by atoms with Crippen molar-refractivity contribution in [3.8, 4) is 11.5 Å². The zero-order valence-corrected chi connectivity index (χ0v) is 8.30. The van der Waals surface area contributed by atoms with Crippen molar-refractivity contribution >= 4 is 5.69 Å². The van der Waals surface area contributed by atoms with E-state index in [1.807, 2.05) is 0 Å². The summed E-state index contributed by atoms with van der Waals surface area (Å²) in [6.45, 7) is 0.402. The highest BCUT2D eigenvalue weighted by molar-refractivity contribution is 5.60. The number of aromatic hydroxyl groups is 2. The molecule has 0 radical (unpaired) electrons. The number of benzene rings is 1. The summed E-state index contributed by atoms with van der Waals surface area (Å²) < 4.78 is 0. The van der Waals surface area contributed by atoms with Gasteiger partial charge in [-0.05, 0) is 12.1 Å². The highest BCUT2D eigenvalue weighted by atomic mass is 16.3. The number of aliphatic hydroxyl groups is 2. The van der Waals surface area contributed by atoms with Crippen molar-refractivity contribution in [2.75, 3.05) is 31.2 Å². The van der Waals surface area contributed by atoms with Gasteiger partial charge in [-0.25, -0.2) is 0 Å². The fraction of sp³-hybridized carbons (Fsp3) is 0.400. The minimum Gasteiger partial charge on any atom is -0.508 e. The molecule has 0 atom stereocenters. The molecule has 0 heterocycles. The molecule has 1 aromatic carbocycles. The van der Waals surface area contributed by atoms with Gasteiger partial charge in [0.05, 0.1) is 18.9 Å². The number of hydrogen-bond donors (Lipinski definition) is 4. The lowest BCUT2D eigenvalue weighted by Crippen LogP contribution is -2.29. The van der Waals surface area contributed by atoms with E-state index in [0.29, 0.717) is 5.69 Å². The second kappa shape index (κ2) is 5.43. The third-order valence-corrected chi connectivity index (χ3v) is 2.04. The van der Waals surface area contributed by atoms with Crippen molar-refractivity contribution in [3.63, 3.8) is 0 Å². The second-order valence-electron chi connectivity index (χ2n) is 3.11. The number of phenols is 2. The van der Waals surface area contributed by atoms with Gasteiger partial charge in [-0.15, -0.1) is 0 Å². The van der Waals surface area contributed by atoms with Crippen LogP contribution in [0.4, 0.5) is 5.69 Å². The molecule has 1 rings (SSSR count). The van der Waals surface area contributed by atoms with E-state index in [-0.39, 0.29) is 37.8 Å². The van der Waals surface area contributed by atoms with E-state index in [1.54, 1.807) is 4.90 Å². The van der Waals surface area contributed by atoms with Crippen molar-refractivity contribution in [3.05, 3.63) is 18.2 Å². The van der Waals surface area contributed by atoms with Crippen LogP contribution in [-0.2, 0) is 0 Å². The van der Waals surface area contributed by atoms with Gasteiger partial charge in [-0.1, -0.05) is 0 Å². The summed E-state index contributed by atoms with van der Waals surface area (Å²) in [6.07, 6.45) is 0. The second-order valence-corrected chi connectivity index (χ2v) is 3.11. The van der Waals surface area contributed by atoms with Crippen LogP contribution in [0.25, 0.3) is 0 Å². The monoisotopic (exact) mass is 213 g/mol. The first-order valence-corrected chi connectivity index (χ1v) is 4.67. The van der Waals surface area contributed by atoms with Crippen molar-refractivity contribution in [1.82, 2.24) is 0 Å². The summed E-state index contributed by atoms with van der Waals surface area (Å²) in [5.74, 6) is 0.0402. The SMILES string of the molecule is OCCN(CCO)c1cc(O)ccc1O. The smallest absolute Gasteiger partial charge is 0.139 e. The number of phenolic OH excluding ortho intramolecular Hbond substituents is 2. The summed E-state index contributed by atoms with van der Waals surface area (Å²) in [5, 5.41) is 36.4. The molecule has 0 unspecified atom stereocenters. The lowest BCUT2D eigenvalue weighted by Gasteiger charge is -2.23. The molecular formula is C10H15NO4. The largest absolute Gasteiger partial charge is 0.508 e. The zero-order chi connectivity index (χ0) is 11.3. The van der Waals surface area contributed by atoms with Gasteiger partial charge in [0.25, 0.3) is 0 Å². The van der Waals surface area contributed by atoms with E-state index in [4.69, 9.17) is 10.2 Å². The molecule has 15 heavy (non-hydrogen) atoms. The molecule has 0 aliphatic carbocycles. The molecule has 0 aliphatic rings. The van der Waals surface area contributed by atoms with Gasteiger partial charge in [-0.2, -0.15) is 0 Å². The molecule has 0 amide bonds. The number of anilines is 1. The maximum absolute atomic E-state index is 9.54. The fourth-order valence-electron chi connectivity index (χ4n) is 1.36. The lowest BCUT2D eigenvalue weighted by molar-refractivity contribution is 0.280. The topological polar surface area (TPSA) is 84.2 Å². The Labute approximate surface area is 87.8 Å². The Morgan fingerprint density at radius 1 is 1.00 bits per heavy atom. The summed E-state index contributed by atoms with van der Waals surface area (Å²) in [4.78, 5) is 1.59. The first kappa shape index (κ1) is 11.6. The molecule has 0 aromatic heterocycles. The van der Waals surface area contributed by atoms with Crippen LogP contribution < -0.4 is 4.90 Å². The number of nitrogens with zero attached hydrogens (tertiary/aromatic N) is 1. The summed E-state index contributed by atoms with van der Waals surface area (Å²) in [6, 6.07) is 4.13.